The van der Waals surface area contributed by atoms with Gasteiger partial charge in [0.2, 0.25) is 5.91 Å². The SMILES string of the molecule is N#CC1C(=O)NC(N)=NC12CCCCC2. The number of carbonyl (C=O) groups excluding carboxylic acids is 1. The number of nitrogens with two attached hydrogens (primary N) is 1. The van der Waals surface area contributed by atoms with E-state index in [1.165, 1.54) is 0 Å². The lowest BCUT2D eigenvalue weighted by Gasteiger charge is -2.39. The zero-order valence-electron chi connectivity index (χ0n) is 8.49. The maximum Gasteiger partial charge on any atom is 0.246 e. The van der Waals surface area contributed by atoms with Crippen LogP contribution in [-0.2, 0) is 4.79 Å². The summed E-state index contributed by atoms with van der Waals surface area (Å²) in [5.74, 6) is -0.814. The van der Waals surface area contributed by atoms with Gasteiger partial charge in [-0.05, 0) is 12.8 Å². The summed E-state index contributed by atoms with van der Waals surface area (Å²) in [6, 6.07) is 2.06. The van der Waals surface area contributed by atoms with Gasteiger partial charge in [0.05, 0.1) is 11.6 Å². The Kier molecular flexibility index (Phi) is 2.35. The van der Waals surface area contributed by atoms with Crippen molar-refractivity contribution in [3.8, 4) is 6.07 Å². The third kappa shape index (κ3) is 1.56. The Balaban J connectivity index is 2.37. The second kappa shape index (κ2) is 3.54. The van der Waals surface area contributed by atoms with Crippen LogP contribution in [0.3, 0.4) is 0 Å². The first-order valence-corrected chi connectivity index (χ1v) is 5.24. The molecule has 15 heavy (non-hydrogen) atoms. The number of aliphatic imine (C=N–C) groups is 1. The number of hydrogen-bond donors (Lipinski definition) is 2. The topological polar surface area (TPSA) is 91.3 Å². The molecule has 2 aliphatic rings. The van der Waals surface area contributed by atoms with E-state index in [2.05, 4.69) is 16.4 Å². The third-order valence-electron chi connectivity index (χ3n) is 3.24. The highest BCUT2D eigenvalue weighted by Crippen LogP contribution is 2.39. The van der Waals surface area contributed by atoms with E-state index in [1.54, 1.807) is 0 Å². The van der Waals surface area contributed by atoms with Crippen molar-refractivity contribution >= 4 is 11.9 Å². The molecule has 1 aliphatic heterocycles. The summed E-state index contributed by atoms with van der Waals surface area (Å²) in [7, 11) is 0. The van der Waals surface area contributed by atoms with Crippen LogP contribution < -0.4 is 11.1 Å². The fraction of sp³-hybridized carbons (Fsp3) is 0.700. The summed E-state index contributed by atoms with van der Waals surface area (Å²) in [5.41, 5.74) is 5.01. The van der Waals surface area contributed by atoms with Crippen molar-refractivity contribution in [1.82, 2.24) is 5.32 Å². The van der Waals surface area contributed by atoms with E-state index in [9.17, 15) is 4.79 Å². The van der Waals surface area contributed by atoms with Crippen molar-refractivity contribution in [2.45, 2.75) is 37.6 Å². The van der Waals surface area contributed by atoms with Crippen LogP contribution in [0, 0.1) is 17.2 Å². The molecule has 1 aliphatic carbocycles. The smallest absolute Gasteiger partial charge is 0.246 e. The zero-order valence-corrected chi connectivity index (χ0v) is 8.49. The van der Waals surface area contributed by atoms with E-state index < -0.39 is 11.5 Å². The number of rotatable bonds is 0. The van der Waals surface area contributed by atoms with Gasteiger partial charge in [-0.15, -0.1) is 0 Å². The Hall–Kier alpha value is -1.57. The molecule has 0 saturated heterocycles. The van der Waals surface area contributed by atoms with Crippen molar-refractivity contribution in [3.63, 3.8) is 0 Å². The Morgan fingerprint density at radius 1 is 1.47 bits per heavy atom. The predicted molar refractivity (Wildman–Crippen MR) is 54.7 cm³/mol. The van der Waals surface area contributed by atoms with Gasteiger partial charge in [0.15, 0.2) is 11.9 Å². The number of guanidine groups is 1. The molecule has 0 aromatic rings. The number of nitrogens with one attached hydrogen (secondary N) is 1. The molecule has 1 atom stereocenters. The van der Waals surface area contributed by atoms with Crippen LogP contribution >= 0.6 is 0 Å². The quantitative estimate of drug-likeness (QED) is 0.596. The summed E-state index contributed by atoms with van der Waals surface area (Å²) in [5, 5.41) is 11.5. The largest absolute Gasteiger partial charge is 0.370 e. The minimum absolute atomic E-state index is 0.161. The molecule has 0 aromatic carbocycles. The van der Waals surface area contributed by atoms with Crippen LogP contribution in [0.15, 0.2) is 4.99 Å². The first-order chi connectivity index (χ1) is 7.18. The minimum atomic E-state index is -0.676. The monoisotopic (exact) mass is 206 g/mol. The zero-order chi connectivity index (χ0) is 10.9. The Bertz CT molecular complexity index is 349. The third-order valence-corrected chi connectivity index (χ3v) is 3.24. The summed E-state index contributed by atoms with van der Waals surface area (Å²) in [6.07, 6.45) is 4.76. The first-order valence-electron chi connectivity index (χ1n) is 5.24. The molecule has 0 bridgehead atoms. The lowest BCUT2D eigenvalue weighted by Crippen LogP contribution is -2.55. The van der Waals surface area contributed by atoms with E-state index in [0.717, 1.165) is 32.1 Å². The van der Waals surface area contributed by atoms with Crippen molar-refractivity contribution in [1.29, 1.82) is 5.26 Å². The van der Waals surface area contributed by atoms with Crippen LogP contribution in [0.25, 0.3) is 0 Å². The highest BCUT2D eigenvalue weighted by atomic mass is 16.2. The highest BCUT2D eigenvalue weighted by molar-refractivity contribution is 6.01. The van der Waals surface area contributed by atoms with Gasteiger partial charge in [-0.25, -0.2) is 4.99 Å². The van der Waals surface area contributed by atoms with Gasteiger partial charge < -0.3 is 5.73 Å². The maximum atomic E-state index is 11.6. The van der Waals surface area contributed by atoms with Crippen molar-refractivity contribution in [3.05, 3.63) is 0 Å². The van der Waals surface area contributed by atoms with E-state index in [-0.39, 0.29) is 11.9 Å². The Morgan fingerprint density at radius 2 is 2.13 bits per heavy atom. The van der Waals surface area contributed by atoms with Crippen LogP contribution in [0.1, 0.15) is 32.1 Å². The molecule has 1 fully saturated rings. The normalized spacial score (nSPS) is 29.1. The van der Waals surface area contributed by atoms with Crippen LogP contribution in [0.2, 0.25) is 0 Å². The lowest BCUT2D eigenvalue weighted by molar-refractivity contribution is -0.124. The van der Waals surface area contributed by atoms with Gasteiger partial charge in [-0.3, -0.25) is 10.1 Å². The van der Waals surface area contributed by atoms with Crippen LogP contribution in [0.4, 0.5) is 0 Å². The van der Waals surface area contributed by atoms with Crippen LogP contribution in [0.5, 0.6) is 0 Å². The fourth-order valence-corrected chi connectivity index (χ4v) is 2.52. The lowest BCUT2D eigenvalue weighted by atomic mass is 9.72. The number of nitriles is 1. The minimum Gasteiger partial charge on any atom is -0.370 e. The number of nitrogens with zero attached hydrogens (tertiary/aromatic N) is 2. The van der Waals surface area contributed by atoms with E-state index in [0.29, 0.717) is 0 Å². The molecule has 0 radical (unpaired) electrons. The number of carbonyl (C=O) groups is 1. The molecule has 1 saturated carbocycles. The first kappa shape index (κ1) is 9.97. The molecule has 5 nitrogen and oxygen atoms in total. The number of hydrogen-bond acceptors (Lipinski definition) is 4. The molecule has 2 rings (SSSR count). The average molecular weight is 206 g/mol. The molecule has 5 heteroatoms. The van der Waals surface area contributed by atoms with Crippen molar-refractivity contribution in [2.24, 2.45) is 16.6 Å². The second-order valence-electron chi connectivity index (χ2n) is 4.21. The molecule has 1 heterocycles. The van der Waals surface area contributed by atoms with Crippen molar-refractivity contribution in [2.75, 3.05) is 0 Å². The number of amides is 1. The molecule has 1 unspecified atom stereocenters. The summed E-state index contributed by atoms with van der Waals surface area (Å²) in [6.45, 7) is 0. The van der Waals surface area contributed by atoms with Gasteiger partial charge in [0, 0.05) is 0 Å². The predicted octanol–water partition coefficient (Wildman–Crippen LogP) is 0.274. The van der Waals surface area contributed by atoms with Gasteiger partial charge in [0.1, 0.15) is 0 Å². The van der Waals surface area contributed by atoms with Gasteiger partial charge in [-0.1, -0.05) is 19.3 Å². The second-order valence-corrected chi connectivity index (χ2v) is 4.21. The Morgan fingerprint density at radius 3 is 2.73 bits per heavy atom. The molecule has 0 aromatic heterocycles. The standard InChI is InChI=1S/C10H14N4O/c11-6-7-8(15)13-9(12)14-10(7)4-2-1-3-5-10/h7H,1-5H2,(H3,12,13,14,15). The van der Waals surface area contributed by atoms with Gasteiger partial charge >= 0.3 is 0 Å². The molecule has 1 spiro atoms. The molecule has 80 valence electrons. The molecular weight excluding hydrogens is 192 g/mol. The summed E-state index contributed by atoms with van der Waals surface area (Å²) >= 11 is 0. The molecule has 1 amide bonds. The van der Waals surface area contributed by atoms with E-state index in [1.807, 2.05) is 0 Å². The molecule has 3 N–H and O–H groups in total. The Labute approximate surface area is 88.4 Å². The van der Waals surface area contributed by atoms with Crippen molar-refractivity contribution < 1.29 is 4.79 Å². The summed E-state index contributed by atoms with van der Waals surface area (Å²) < 4.78 is 0. The average Bonchev–Trinajstić information content (AvgIpc) is 2.18. The van der Waals surface area contributed by atoms with Crippen LogP contribution in [-0.4, -0.2) is 17.4 Å². The summed E-state index contributed by atoms with van der Waals surface area (Å²) in [4.78, 5) is 15.9. The highest BCUT2D eigenvalue weighted by Gasteiger charge is 2.46. The molecular formula is C10H14N4O. The van der Waals surface area contributed by atoms with Gasteiger partial charge in [0.25, 0.3) is 0 Å². The van der Waals surface area contributed by atoms with E-state index in [4.69, 9.17) is 11.0 Å². The van der Waals surface area contributed by atoms with Gasteiger partial charge in [-0.2, -0.15) is 5.26 Å². The van der Waals surface area contributed by atoms with E-state index >= 15 is 0 Å². The fourth-order valence-electron chi connectivity index (χ4n) is 2.52. The maximum absolute atomic E-state index is 11.6.